The van der Waals surface area contributed by atoms with Gasteiger partial charge in [-0.3, -0.25) is 0 Å². The molecule has 0 unspecified atom stereocenters. The smallest absolute Gasteiger partial charge is 0.241 e. The van der Waals surface area contributed by atoms with Crippen LogP contribution in [0.1, 0.15) is 44.7 Å². The fraction of sp³-hybridized carbons (Fsp3) is 0.571. The second-order valence-electron chi connectivity index (χ2n) is 5.67. The van der Waals surface area contributed by atoms with Crippen molar-refractivity contribution < 1.29 is 8.42 Å². The molecule has 19 heavy (non-hydrogen) atoms. The fourth-order valence-electron chi connectivity index (χ4n) is 2.35. The molecule has 0 amide bonds. The summed E-state index contributed by atoms with van der Waals surface area (Å²) in [7, 11) is -3.55. The molecule has 5 heteroatoms. The number of nitrogens with one attached hydrogen (secondary N) is 1. The predicted octanol–water partition coefficient (Wildman–Crippen LogP) is 2.74. The highest BCUT2D eigenvalue weighted by molar-refractivity contribution is 7.89. The largest absolute Gasteiger partial charge is 0.398 e. The van der Waals surface area contributed by atoms with E-state index in [1.165, 1.54) is 0 Å². The minimum Gasteiger partial charge on any atom is -0.398 e. The highest BCUT2D eigenvalue weighted by Gasteiger charge is 2.28. The van der Waals surface area contributed by atoms with Gasteiger partial charge in [-0.1, -0.05) is 19.4 Å². The van der Waals surface area contributed by atoms with Crippen LogP contribution in [0, 0.1) is 13.8 Å². The first-order chi connectivity index (χ1) is 8.60. The van der Waals surface area contributed by atoms with E-state index in [1.807, 2.05) is 20.8 Å². The fourth-order valence-corrected chi connectivity index (χ4v) is 4.29. The monoisotopic (exact) mass is 284 g/mol. The summed E-state index contributed by atoms with van der Waals surface area (Å²) in [5.41, 5.74) is 7.18. The highest BCUT2D eigenvalue weighted by Crippen LogP contribution is 2.26. The maximum Gasteiger partial charge on any atom is 0.241 e. The zero-order valence-electron chi connectivity index (χ0n) is 12.4. The number of hydrogen-bond donors (Lipinski definition) is 2. The van der Waals surface area contributed by atoms with Crippen LogP contribution in [-0.4, -0.2) is 14.0 Å². The summed E-state index contributed by atoms with van der Waals surface area (Å²) >= 11 is 0. The molecule has 0 aliphatic carbocycles. The van der Waals surface area contributed by atoms with E-state index in [-0.39, 0.29) is 0 Å². The summed E-state index contributed by atoms with van der Waals surface area (Å²) < 4.78 is 27.9. The first kappa shape index (κ1) is 16.0. The molecule has 0 saturated carbocycles. The van der Waals surface area contributed by atoms with Gasteiger partial charge in [-0.2, -0.15) is 0 Å². The number of rotatable bonds is 5. The van der Waals surface area contributed by atoms with Crippen LogP contribution >= 0.6 is 0 Å². The van der Waals surface area contributed by atoms with Gasteiger partial charge in [0.15, 0.2) is 0 Å². The van der Waals surface area contributed by atoms with Crippen LogP contribution < -0.4 is 10.5 Å². The van der Waals surface area contributed by atoms with Gasteiger partial charge in [0.05, 0.1) is 4.90 Å². The van der Waals surface area contributed by atoms with Gasteiger partial charge < -0.3 is 5.73 Å². The summed E-state index contributed by atoms with van der Waals surface area (Å²) in [5.74, 6) is 0. The molecule has 108 valence electrons. The van der Waals surface area contributed by atoms with Crippen molar-refractivity contribution in [2.45, 2.75) is 57.9 Å². The van der Waals surface area contributed by atoms with Crippen molar-refractivity contribution in [2.24, 2.45) is 0 Å². The second kappa shape index (κ2) is 5.51. The molecule has 1 aromatic carbocycles. The lowest BCUT2D eigenvalue weighted by Gasteiger charge is -2.26. The van der Waals surface area contributed by atoms with Crippen LogP contribution in [0.3, 0.4) is 0 Å². The lowest BCUT2D eigenvalue weighted by atomic mass is 10.0. The highest BCUT2D eigenvalue weighted by atomic mass is 32.2. The van der Waals surface area contributed by atoms with E-state index in [4.69, 9.17) is 5.73 Å². The van der Waals surface area contributed by atoms with Crippen LogP contribution in [0.2, 0.25) is 0 Å². The van der Waals surface area contributed by atoms with E-state index in [1.54, 1.807) is 26.0 Å². The predicted molar refractivity (Wildman–Crippen MR) is 79.6 cm³/mol. The first-order valence-electron chi connectivity index (χ1n) is 6.50. The third-order valence-corrected chi connectivity index (χ3v) is 5.19. The molecule has 0 aliphatic rings. The number of anilines is 1. The minimum absolute atomic E-state index is 0.302. The zero-order chi connectivity index (χ0) is 14.8. The minimum atomic E-state index is -3.55. The molecular weight excluding hydrogens is 260 g/mol. The molecular formula is C14H24N2O2S. The average Bonchev–Trinajstić information content (AvgIpc) is 2.21. The third kappa shape index (κ3) is 3.70. The van der Waals surface area contributed by atoms with Gasteiger partial charge in [0.25, 0.3) is 0 Å². The Hall–Kier alpha value is -1.07. The Morgan fingerprint density at radius 2 is 1.84 bits per heavy atom. The molecule has 0 aromatic heterocycles. The SMILES string of the molecule is CCCC(C)(C)NS(=O)(=O)c1c(C)ccc(N)c1C. The molecule has 0 aliphatic heterocycles. The number of hydrogen-bond acceptors (Lipinski definition) is 3. The van der Waals surface area contributed by atoms with Gasteiger partial charge in [-0.05, 0) is 51.3 Å². The third-order valence-electron chi connectivity index (χ3n) is 3.20. The zero-order valence-corrected chi connectivity index (χ0v) is 13.2. The van der Waals surface area contributed by atoms with Crippen LogP contribution in [0.5, 0.6) is 0 Å². The number of aryl methyl sites for hydroxylation is 1. The van der Waals surface area contributed by atoms with Gasteiger partial charge in [0, 0.05) is 11.2 Å². The molecule has 0 heterocycles. The Balaban J connectivity index is 3.26. The van der Waals surface area contributed by atoms with Crippen LogP contribution in [0.15, 0.2) is 17.0 Å². The Kier molecular flexibility index (Phi) is 4.63. The van der Waals surface area contributed by atoms with Crippen molar-refractivity contribution in [3.05, 3.63) is 23.3 Å². The normalized spacial score (nSPS) is 12.7. The van der Waals surface area contributed by atoms with E-state index in [0.717, 1.165) is 12.8 Å². The molecule has 0 spiro atoms. The summed E-state index contributed by atoms with van der Waals surface area (Å²) in [5, 5.41) is 0. The van der Waals surface area contributed by atoms with E-state index in [2.05, 4.69) is 4.72 Å². The topological polar surface area (TPSA) is 72.2 Å². The van der Waals surface area contributed by atoms with Crippen LogP contribution in [-0.2, 0) is 10.0 Å². The number of benzene rings is 1. The van der Waals surface area contributed by atoms with Crippen molar-refractivity contribution in [1.82, 2.24) is 4.72 Å². The standard InChI is InChI=1S/C14H24N2O2S/c1-6-9-14(4,5)16-19(17,18)13-10(2)7-8-12(15)11(13)3/h7-8,16H,6,9,15H2,1-5H3. The number of nitrogen functional groups attached to an aromatic ring is 1. The molecule has 3 N–H and O–H groups in total. The average molecular weight is 284 g/mol. The summed E-state index contributed by atoms with van der Waals surface area (Å²) in [6.45, 7) is 9.35. The lowest BCUT2D eigenvalue weighted by Crippen LogP contribution is -2.43. The van der Waals surface area contributed by atoms with E-state index in [9.17, 15) is 8.42 Å². The van der Waals surface area contributed by atoms with E-state index in [0.29, 0.717) is 21.7 Å². The van der Waals surface area contributed by atoms with Crippen molar-refractivity contribution in [1.29, 1.82) is 0 Å². The Labute approximate surface area is 116 Å². The lowest BCUT2D eigenvalue weighted by molar-refractivity contribution is 0.417. The number of sulfonamides is 1. The van der Waals surface area contributed by atoms with E-state index < -0.39 is 15.6 Å². The summed E-state index contributed by atoms with van der Waals surface area (Å²) in [6, 6.07) is 3.48. The molecule has 0 saturated heterocycles. The quantitative estimate of drug-likeness (QED) is 0.817. The summed E-state index contributed by atoms with van der Waals surface area (Å²) in [4.78, 5) is 0.302. The van der Waals surface area contributed by atoms with Gasteiger partial charge >= 0.3 is 0 Å². The molecule has 1 rings (SSSR count). The van der Waals surface area contributed by atoms with Gasteiger partial charge in [0.1, 0.15) is 0 Å². The molecule has 4 nitrogen and oxygen atoms in total. The van der Waals surface area contributed by atoms with Crippen molar-refractivity contribution in [3.63, 3.8) is 0 Å². The second-order valence-corrected chi connectivity index (χ2v) is 7.28. The van der Waals surface area contributed by atoms with E-state index >= 15 is 0 Å². The first-order valence-corrected chi connectivity index (χ1v) is 7.98. The molecule has 0 fully saturated rings. The molecule has 1 aromatic rings. The van der Waals surface area contributed by atoms with Crippen LogP contribution in [0.4, 0.5) is 5.69 Å². The maximum absolute atomic E-state index is 12.5. The number of nitrogens with two attached hydrogens (primary N) is 1. The Bertz CT molecular complexity index is 563. The van der Waals surface area contributed by atoms with Gasteiger partial charge in [-0.25, -0.2) is 13.1 Å². The Morgan fingerprint density at radius 3 is 2.37 bits per heavy atom. The van der Waals surface area contributed by atoms with Gasteiger partial charge in [0.2, 0.25) is 10.0 Å². The molecule has 0 atom stereocenters. The summed E-state index contributed by atoms with van der Waals surface area (Å²) in [6.07, 6.45) is 1.71. The van der Waals surface area contributed by atoms with Gasteiger partial charge in [-0.15, -0.1) is 0 Å². The van der Waals surface area contributed by atoms with Crippen molar-refractivity contribution in [3.8, 4) is 0 Å². The van der Waals surface area contributed by atoms with Crippen molar-refractivity contribution >= 4 is 15.7 Å². The van der Waals surface area contributed by atoms with Crippen molar-refractivity contribution in [2.75, 3.05) is 5.73 Å². The van der Waals surface area contributed by atoms with Crippen LogP contribution in [0.25, 0.3) is 0 Å². The maximum atomic E-state index is 12.5. The Morgan fingerprint density at radius 1 is 1.26 bits per heavy atom. The molecule has 0 bridgehead atoms. The molecule has 0 radical (unpaired) electrons.